The van der Waals surface area contributed by atoms with Crippen molar-refractivity contribution in [1.29, 1.82) is 0 Å². The maximum atomic E-state index is 13.8. The number of aromatic nitrogens is 1. The number of benzene rings is 3. The molecule has 2 aliphatic rings. The van der Waals surface area contributed by atoms with Gasteiger partial charge >= 0.3 is 5.91 Å². The number of carbonyl (C=O) groups is 2. The van der Waals surface area contributed by atoms with E-state index in [1.54, 1.807) is 42.5 Å². The second-order valence-corrected chi connectivity index (χ2v) is 11.2. The summed E-state index contributed by atoms with van der Waals surface area (Å²) in [4.78, 5) is 33.7. The van der Waals surface area contributed by atoms with E-state index in [1.807, 2.05) is 32.9 Å². The Bertz CT molecular complexity index is 1810. The van der Waals surface area contributed by atoms with E-state index in [2.05, 4.69) is 6.58 Å². The number of ether oxygens (including phenoxy) is 4. The number of aliphatic hydroxyl groups excluding tert-OH is 1. The summed E-state index contributed by atoms with van der Waals surface area (Å²) in [6, 6.07) is 13.1. The highest BCUT2D eigenvalue weighted by Gasteiger charge is 2.48. The van der Waals surface area contributed by atoms with Crippen molar-refractivity contribution in [2.75, 3.05) is 31.3 Å². The molecule has 1 N–H and O–H groups in total. The van der Waals surface area contributed by atoms with Crippen LogP contribution in [0.2, 0.25) is 0 Å². The first kappa shape index (κ1) is 28.3. The predicted octanol–water partition coefficient (Wildman–Crippen LogP) is 6.27. The smallest absolute Gasteiger partial charge is 0.301 e. The summed E-state index contributed by atoms with van der Waals surface area (Å²) in [5.41, 5.74) is 3.56. The average molecular weight is 599 g/mol. The molecule has 3 aromatic carbocycles. The first-order chi connectivity index (χ1) is 20.8. The summed E-state index contributed by atoms with van der Waals surface area (Å²) in [7, 11) is 0. The van der Waals surface area contributed by atoms with Gasteiger partial charge in [0.25, 0.3) is 5.78 Å². The Morgan fingerprint density at radius 2 is 1.86 bits per heavy atom. The van der Waals surface area contributed by atoms with Crippen molar-refractivity contribution in [2.45, 2.75) is 26.8 Å². The molecule has 220 valence electrons. The van der Waals surface area contributed by atoms with Gasteiger partial charge in [-0.2, -0.15) is 0 Å². The lowest BCUT2D eigenvalue weighted by Crippen LogP contribution is -2.29. The number of carbonyl (C=O) groups excluding carboxylic acids is 2. The molecule has 0 spiro atoms. The molecular weight excluding hydrogens is 568 g/mol. The minimum atomic E-state index is -0.997. The maximum Gasteiger partial charge on any atom is 0.301 e. The van der Waals surface area contributed by atoms with Crippen molar-refractivity contribution < 1.29 is 33.6 Å². The number of anilines is 1. The molecule has 0 radical (unpaired) electrons. The number of aryl methyl sites for hydroxylation is 2. The van der Waals surface area contributed by atoms with Gasteiger partial charge in [0.05, 0.1) is 28.4 Å². The van der Waals surface area contributed by atoms with Crippen LogP contribution in [0, 0.1) is 13.8 Å². The van der Waals surface area contributed by atoms with Crippen LogP contribution in [-0.2, 0) is 9.59 Å². The molecular formula is C33H30N2O7S. The monoisotopic (exact) mass is 598 g/mol. The lowest BCUT2D eigenvalue weighted by Gasteiger charge is -2.24. The van der Waals surface area contributed by atoms with Gasteiger partial charge in [-0.25, -0.2) is 4.98 Å². The van der Waals surface area contributed by atoms with Gasteiger partial charge in [-0.15, -0.1) is 0 Å². The Balaban J connectivity index is 1.55. The topological polar surface area (TPSA) is 107 Å². The van der Waals surface area contributed by atoms with Gasteiger partial charge in [0, 0.05) is 5.56 Å². The Hall–Kier alpha value is -4.83. The van der Waals surface area contributed by atoms with Crippen molar-refractivity contribution in [1.82, 2.24) is 4.98 Å². The Kier molecular flexibility index (Phi) is 7.53. The van der Waals surface area contributed by atoms with Crippen LogP contribution in [0.25, 0.3) is 16.0 Å². The minimum Gasteiger partial charge on any atom is -0.507 e. The Labute approximate surface area is 252 Å². The van der Waals surface area contributed by atoms with E-state index in [0.717, 1.165) is 21.3 Å². The number of fused-ring (bicyclic) bond motifs is 2. The van der Waals surface area contributed by atoms with E-state index in [4.69, 9.17) is 23.9 Å². The number of ketones is 1. The largest absolute Gasteiger partial charge is 0.507 e. The lowest BCUT2D eigenvalue weighted by molar-refractivity contribution is -0.132. The van der Waals surface area contributed by atoms with Crippen LogP contribution in [0.3, 0.4) is 0 Å². The zero-order valence-corrected chi connectivity index (χ0v) is 24.8. The summed E-state index contributed by atoms with van der Waals surface area (Å²) in [5, 5.41) is 12.0. The second-order valence-electron chi connectivity index (χ2n) is 10.2. The summed E-state index contributed by atoms with van der Waals surface area (Å²) < 4.78 is 23.9. The zero-order valence-electron chi connectivity index (χ0n) is 24.0. The number of thiazole rings is 1. The molecule has 3 heterocycles. The number of aliphatic hydroxyl groups is 1. The molecule has 0 bridgehead atoms. The zero-order chi connectivity index (χ0) is 30.2. The number of hydrogen-bond acceptors (Lipinski definition) is 9. The van der Waals surface area contributed by atoms with Crippen molar-refractivity contribution >= 4 is 44.1 Å². The molecule has 1 saturated heterocycles. The van der Waals surface area contributed by atoms with Gasteiger partial charge in [0.2, 0.25) is 0 Å². The standard InChI is InChI=1S/C33H30N2O7S/c1-5-11-40-22-9-7-20(16-24(22)39-6-2)29-27(30(36)21-8-10-23-25(17-21)42-13-12-41-23)31(37)32(38)35(29)33-34-28-19(4)14-18(3)15-26(28)43-33/h5,7-10,14-17,29,36H,1,6,11-13H2,2-4H3/b30-27+/t29-/m0/s1. The third kappa shape index (κ3) is 5.08. The van der Waals surface area contributed by atoms with Crippen LogP contribution in [0.1, 0.15) is 35.2 Å². The molecule has 2 aliphatic heterocycles. The van der Waals surface area contributed by atoms with E-state index < -0.39 is 17.7 Å². The third-order valence-corrected chi connectivity index (χ3v) is 8.23. The molecule has 10 heteroatoms. The van der Waals surface area contributed by atoms with Crippen LogP contribution in [0.4, 0.5) is 5.13 Å². The van der Waals surface area contributed by atoms with E-state index in [-0.39, 0.29) is 17.9 Å². The highest BCUT2D eigenvalue weighted by Crippen LogP contribution is 2.47. The van der Waals surface area contributed by atoms with Crippen LogP contribution < -0.4 is 23.8 Å². The molecule has 0 saturated carbocycles. The fourth-order valence-corrected chi connectivity index (χ4v) is 6.55. The normalized spacial score (nSPS) is 17.4. The second kappa shape index (κ2) is 11.4. The SMILES string of the molecule is C=CCOc1ccc([C@H]2/C(=C(\O)c3ccc4c(c3)OCCO4)C(=O)C(=O)N2c2nc3c(C)cc(C)cc3s2)cc1OCC. The summed E-state index contributed by atoms with van der Waals surface area (Å²) in [5.74, 6) is -0.0439. The molecule has 1 fully saturated rings. The summed E-state index contributed by atoms with van der Waals surface area (Å²) in [6.45, 7) is 10.9. The number of amides is 1. The van der Waals surface area contributed by atoms with E-state index >= 15 is 0 Å². The van der Waals surface area contributed by atoms with Crippen molar-refractivity contribution in [3.63, 3.8) is 0 Å². The fourth-order valence-electron chi connectivity index (χ4n) is 5.38. The van der Waals surface area contributed by atoms with E-state index in [9.17, 15) is 14.7 Å². The van der Waals surface area contributed by atoms with Crippen molar-refractivity contribution in [3.05, 3.63) is 89.0 Å². The Morgan fingerprint density at radius 3 is 2.63 bits per heavy atom. The van der Waals surface area contributed by atoms with Crippen LogP contribution in [-0.4, -0.2) is 48.2 Å². The van der Waals surface area contributed by atoms with Gasteiger partial charge in [0.1, 0.15) is 25.6 Å². The molecule has 1 atom stereocenters. The summed E-state index contributed by atoms with van der Waals surface area (Å²) in [6.07, 6.45) is 1.63. The number of Topliss-reactive ketones (excluding diaryl/α,β-unsaturated/α-hetero) is 1. The maximum absolute atomic E-state index is 13.8. The van der Waals surface area contributed by atoms with Crippen molar-refractivity contribution in [2.24, 2.45) is 0 Å². The van der Waals surface area contributed by atoms with Gasteiger partial charge in [-0.3, -0.25) is 14.5 Å². The summed E-state index contributed by atoms with van der Waals surface area (Å²) >= 11 is 1.32. The van der Waals surface area contributed by atoms with Crippen molar-refractivity contribution in [3.8, 4) is 23.0 Å². The molecule has 1 aromatic heterocycles. The molecule has 4 aromatic rings. The fraction of sp³-hybridized carbons (Fsp3) is 0.242. The first-order valence-electron chi connectivity index (χ1n) is 13.9. The number of nitrogens with zero attached hydrogens (tertiary/aromatic N) is 2. The van der Waals surface area contributed by atoms with Gasteiger partial charge in [-0.1, -0.05) is 36.1 Å². The quantitative estimate of drug-likeness (QED) is 0.109. The predicted molar refractivity (Wildman–Crippen MR) is 165 cm³/mol. The molecule has 0 aliphatic carbocycles. The highest BCUT2D eigenvalue weighted by atomic mass is 32.1. The third-order valence-electron chi connectivity index (χ3n) is 7.22. The van der Waals surface area contributed by atoms with Gasteiger partial charge < -0.3 is 24.1 Å². The van der Waals surface area contributed by atoms with Gasteiger partial charge in [-0.05, 0) is 73.9 Å². The molecule has 1 amide bonds. The molecule has 43 heavy (non-hydrogen) atoms. The van der Waals surface area contributed by atoms with Crippen LogP contribution in [0.15, 0.2) is 66.8 Å². The van der Waals surface area contributed by atoms with E-state index in [1.165, 1.54) is 16.2 Å². The average Bonchev–Trinajstić information content (AvgIpc) is 3.54. The van der Waals surface area contributed by atoms with Crippen LogP contribution >= 0.6 is 11.3 Å². The van der Waals surface area contributed by atoms with Gasteiger partial charge in [0.15, 0.2) is 28.1 Å². The van der Waals surface area contributed by atoms with E-state index in [0.29, 0.717) is 59.1 Å². The highest BCUT2D eigenvalue weighted by molar-refractivity contribution is 7.22. The molecule has 9 nitrogen and oxygen atoms in total. The number of rotatable bonds is 8. The van der Waals surface area contributed by atoms with Crippen LogP contribution in [0.5, 0.6) is 23.0 Å². The molecule has 6 rings (SSSR count). The number of hydrogen-bond donors (Lipinski definition) is 1. The lowest BCUT2D eigenvalue weighted by atomic mass is 9.95. The molecule has 0 unspecified atom stereocenters. The Morgan fingerprint density at radius 1 is 1.07 bits per heavy atom. The first-order valence-corrected chi connectivity index (χ1v) is 14.7. The minimum absolute atomic E-state index is 0.0731.